The molecule has 15 heteroatoms. The van der Waals surface area contributed by atoms with Crippen molar-refractivity contribution < 1.29 is 45.1 Å². The maximum Gasteiger partial charge on any atom is 0.408 e. The van der Waals surface area contributed by atoms with Gasteiger partial charge in [-0.2, -0.15) is 13.2 Å². The van der Waals surface area contributed by atoms with Crippen LogP contribution >= 0.6 is 11.3 Å². The molecule has 1 saturated carbocycles. The minimum atomic E-state index is -4.67. The first kappa shape index (κ1) is 28.0. The number of ether oxygens (including phenoxy) is 1. The van der Waals surface area contributed by atoms with E-state index in [9.17, 15) is 31.5 Å². The molecule has 1 aliphatic heterocycles. The number of nitrogens with zero attached hydrogens (tertiary/aromatic N) is 3. The SMILES string of the molecule is CCOC(=O)c1nc(C(=O)N2C(C)CC(F)(F)C2c2cnc(N[C@@H](C3CC3)C(F)(F)F)cc2C(F)F)cs1. The summed E-state index contributed by atoms with van der Waals surface area (Å²) < 4.78 is 104. The first-order chi connectivity index (χ1) is 17.7. The summed E-state index contributed by atoms with van der Waals surface area (Å²) in [6.45, 7) is 2.90. The molecular formula is C23H23F7N4O3S. The van der Waals surface area contributed by atoms with Crippen LogP contribution in [0.2, 0.25) is 0 Å². The van der Waals surface area contributed by atoms with Crippen molar-refractivity contribution in [2.75, 3.05) is 11.9 Å². The van der Waals surface area contributed by atoms with Gasteiger partial charge in [-0.25, -0.2) is 32.3 Å². The Morgan fingerprint density at radius 1 is 1.29 bits per heavy atom. The van der Waals surface area contributed by atoms with Crippen LogP contribution in [0.15, 0.2) is 17.6 Å². The van der Waals surface area contributed by atoms with Crippen LogP contribution in [0.3, 0.4) is 0 Å². The molecule has 1 saturated heterocycles. The van der Waals surface area contributed by atoms with Crippen molar-refractivity contribution in [2.45, 2.75) is 69.8 Å². The molecule has 2 unspecified atom stereocenters. The van der Waals surface area contributed by atoms with E-state index in [1.807, 2.05) is 0 Å². The number of nitrogens with one attached hydrogen (secondary N) is 1. The molecule has 7 nitrogen and oxygen atoms in total. The predicted octanol–water partition coefficient (Wildman–Crippen LogP) is 6.02. The van der Waals surface area contributed by atoms with Gasteiger partial charge in [-0.3, -0.25) is 4.79 Å². The quantitative estimate of drug-likeness (QED) is 0.310. The van der Waals surface area contributed by atoms with Gasteiger partial charge in [0.1, 0.15) is 23.6 Å². The second kappa shape index (κ2) is 10.3. The van der Waals surface area contributed by atoms with Gasteiger partial charge < -0.3 is 15.0 Å². The van der Waals surface area contributed by atoms with Gasteiger partial charge in [-0.15, -0.1) is 11.3 Å². The molecule has 0 radical (unpaired) electrons. The second-order valence-corrected chi connectivity index (χ2v) is 10.0. The van der Waals surface area contributed by atoms with E-state index < -0.39 is 77.8 Å². The molecule has 1 amide bonds. The van der Waals surface area contributed by atoms with Crippen molar-refractivity contribution in [1.29, 1.82) is 0 Å². The first-order valence-electron chi connectivity index (χ1n) is 11.7. The van der Waals surface area contributed by atoms with Crippen LogP contribution in [0, 0.1) is 5.92 Å². The fourth-order valence-corrected chi connectivity index (χ4v) is 5.26. The number of esters is 1. The number of pyridine rings is 1. The third-order valence-corrected chi connectivity index (χ3v) is 7.20. The zero-order valence-electron chi connectivity index (χ0n) is 20.1. The van der Waals surface area contributed by atoms with E-state index in [2.05, 4.69) is 15.3 Å². The molecule has 1 N–H and O–H groups in total. The third-order valence-electron chi connectivity index (χ3n) is 6.38. The highest BCUT2D eigenvalue weighted by Gasteiger charge is 2.56. The first-order valence-corrected chi connectivity index (χ1v) is 12.6. The summed E-state index contributed by atoms with van der Waals surface area (Å²) in [5.74, 6) is -6.79. The fraction of sp³-hybridized carbons (Fsp3) is 0.565. The Morgan fingerprint density at radius 3 is 2.55 bits per heavy atom. The largest absolute Gasteiger partial charge is 0.461 e. The summed E-state index contributed by atoms with van der Waals surface area (Å²) in [5, 5.41) is 3.10. The van der Waals surface area contributed by atoms with Crippen molar-refractivity contribution in [3.05, 3.63) is 39.5 Å². The number of likely N-dealkylation sites (tertiary alicyclic amines) is 1. The van der Waals surface area contributed by atoms with Gasteiger partial charge in [0.25, 0.3) is 18.3 Å². The molecule has 38 heavy (non-hydrogen) atoms. The van der Waals surface area contributed by atoms with Crippen molar-refractivity contribution in [3.8, 4) is 0 Å². The van der Waals surface area contributed by atoms with Crippen LogP contribution in [0.4, 0.5) is 36.6 Å². The Morgan fingerprint density at radius 2 is 1.97 bits per heavy atom. The molecule has 0 spiro atoms. The Bertz CT molecular complexity index is 1200. The third kappa shape index (κ3) is 5.57. The van der Waals surface area contributed by atoms with Crippen LogP contribution in [0.1, 0.15) is 77.0 Å². The van der Waals surface area contributed by atoms with E-state index in [4.69, 9.17) is 4.74 Å². The number of anilines is 1. The number of carbonyl (C=O) groups excluding carboxylic acids is 2. The lowest BCUT2D eigenvalue weighted by Crippen LogP contribution is -2.39. The summed E-state index contributed by atoms with van der Waals surface area (Å²) in [7, 11) is 0. The average molecular weight is 569 g/mol. The average Bonchev–Trinajstić information content (AvgIpc) is 3.46. The van der Waals surface area contributed by atoms with Gasteiger partial charge in [-0.05, 0) is 38.7 Å². The lowest BCUT2D eigenvalue weighted by molar-refractivity contribution is -0.146. The van der Waals surface area contributed by atoms with E-state index in [1.54, 1.807) is 6.92 Å². The molecule has 0 aromatic carbocycles. The second-order valence-electron chi connectivity index (χ2n) is 9.19. The van der Waals surface area contributed by atoms with Gasteiger partial charge >= 0.3 is 12.1 Å². The van der Waals surface area contributed by atoms with E-state index >= 15 is 8.78 Å². The molecule has 1 aliphatic carbocycles. The summed E-state index contributed by atoms with van der Waals surface area (Å²) in [6.07, 6.45) is -7.62. The number of carbonyl (C=O) groups is 2. The number of rotatable bonds is 8. The lowest BCUT2D eigenvalue weighted by atomic mass is 9.97. The van der Waals surface area contributed by atoms with Gasteiger partial charge in [0.15, 0.2) is 0 Å². The summed E-state index contributed by atoms with van der Waals surface area (Å²) in [4.78, 5) is 33.5. The number of aromatic nitrogens is 2. The predicted molar refractivity (Wildman–Crippen MR) is 121 cm³/mol. The molecule has 2 aromatic heterocycles. The monoisotopic (exact) mass is 568 g/mol. The molecule has 0 bridgehead atoms. The molecule has 2 aromatic rings. The number of halogens is 7. The molecule has 2 aliphatic rings. The maximum atomic E-state index is 15.2. The normalized spacial score (nSPS) is 22.0. The van der Waals surface area contributed by atoms with Crippen LogP contribution < -0.4 is 5.32 Å². The smallest absolute Gasteiger partial charge is 0.408 e. The Labute approximate surface area is 216 Å². The fourth-order valence-electron chi connectivity index (χ4n) is 4.58. The van der Waals surface area contributed by atoms with Gasteiger partial charge in [0, 0.05) is 35.2 Å². The highest BCUT2D eigenvalue weighted by atomic mass is 32.1. The van der Waals surface area contributed by atoms with Crippen molar-refractivity contribution in [2.24, 2.45) is 5.92 Å². The Balaban J connectivity index is 1.69. The van der Waals surface area contributed by atoms with Crippen LogP contribution in [-0.2, 0) is 4.74 Å². The minimum Gasteiger partial charge on any atom is -0.461 e. The molecule has 3 atom stereocenters. The van der Waals surface area contributed by atoms with E-state index in [0.717, 1.165) is 11.3 Å². The van der Waals surface area contributed by atoms with Gasteiger partial charge in [0.2, 0.25) is 5.01 Å². The Kier molecular flexibility index (Phi) is 7.60. The highest BCUT2D eigenvalue weighted by Crippen LogP contribution is 2.50. The topological polar surface area (TPSA) is 84.4 Å². The standard InChI is InChI=1S/C23H23F7N4O3S/c1-3-37-21(36)19-32-14(9-38-19)20(35)34-10(2)7-22(26,27)17(34)13-8-31-15(6-12(13)18(24)25)33-16(11-4-5-11)23(28,29)30/h6,8-11,16-18H,3-5,7H2,1-2H3,(H,31,33)/t10?,16-,17?/m0/s1. The van der Waals surface area contributed by atoms with Crippen LogP contribution in [-0.4, -0.2) is 57.5 Å². The summed E-state index contributed by atoms with van der Waals surface area (Å²) in [5.41, 5.74) is -2.01. The zero-order chi connectivity index (χ0) is 28.0. The van der Waals surface area contributed by atoms with Crippen LogP contribution in [0.25, 0.3) is 0 Å². The van der Waals surface area contributed by atoms with E-state index in [-0.39, 0.29) is 17.3 Å². The molecule has 3 heterocycles. The summed E-state index contributed by atoms with van der Waals surface area (Å²) >= 11 is 0.755. The zero-order valence-corrected chi connectivity index (χ0v) is 20.9. The van der Waals surface area contributed by atoms with Crippen molar-refractivity contribution in [1.82, 2.24) is 14.9 Å². The molecule has 208 valence electrons. The number of amides is 1. The summed E-state index contributed by atoms with van der Waals surface area (Å²) in [6, 6.07) is -4.71. The van der Waals surface area contributed by atoms with E-state index in [0.29, 0.717) is 30.0 Å². The minimum absolute atomic E-state index is 0.0395. The van der Waals surface area contributed by atoms with E-state index in [1.165, 1.54) is 12.3 Å². The number of hydrogen-bond acceptors (Lipinski definition) is 7. The van der Waals surface area contributed by atoms with Crippen molar-refractivity contribution in [3.63, 3.8) is 0 Å². The van der Waals surface area contributed by atoms with Crippen LogP contribution in [0.5, 0.6) is 0 Å². The van der Waals surface area contributed by atoms with Gasteiger partial charge in [-0.1, -0.05) is 0 Å². The van der Waals surface area contributed by atoms with Gasteiger partial charge in [0.05, 0.1) is 6.61 Å². The number of alkyl halides is 7. The molecule has 4 rings (SSSR count). The lowest BCUT2D eigenvalue weighted by Gasteiger charge is -2.31. The molecule has 2 fully saturated rings. The highest BCUT2D eigenvalue weighted by molar-refractivity contribution is 7.11. The number of thiazole rings is 1. The number of hydrogen-bond donors (Lipinski definition) is 1. The maximum absolute atomic E-state index is 15.2. The Hall–Kier alpha value is -2.97. The van der Waals surface area contributed by atoms with Crippen molar-refractivity contribution >= 4 is 29.0 Å². The molecular weight excluding hydrogens is 545 g/mol.